The molecule has 1 aromatic rings. The Kier molecular flexibility index (Phi) is 4.08. The van der Waals surface area contributed by atoms with Gasteiger partial charge in [0, 0.05) is 6.04 Å². The predicted octanol–water partition coefficient (Wildman–Crippen LogP) is 1.64. The lowest BCUT2D eigenvalue weighted by molar-refractivity contribution is -0.137. The van der Waals surface area contributed by atoms with Gasteiger partial charge in [0.15, 0.2) is 9.84 Å². The molecule has 4 nitrogen and oxygen atoms in total. The molecule has 0 aliphatic carbocycles. The summed E-state index contributed by atoms with van der Waals surface area (Å²) in [5.74, 6) is 5.09. The van der Waals surface area contributed by atoms with Crippen LogP contribution in [0, 0.1) is 5.92 Å². The zero-order chi connectivity index (χ0) is 15.0. The minimum atomic E-state index is -4.43. The Hall–Kier alpha value is -1.12. The molecule has 20 heavy (non-hydrogen) atoms. The quantitative estimate of drug-likeness (QED) is 0.658. The van der Waals surface area contributed by atoms with Gasteiger partial charge in [-0.05, 0) is 30.0 Å². The molecule has 0 saturated carbocycles. The van der Waals surface area contributed by atoms with E-state index in [0.717, 1.165) is 12.1 Å². The highest BCUT2D eigenvalue weighted by Gasteiger charge is 2.36. The van der Waals surface area contributed by atoms with Crippen molar-refractivity contribution < 1.29 is 21.6 Å². The maximum absolute atomic E-state index is 12.7. The summed E-state index contributed by atoms with van der Waals surface area (Å²) < 4.78 is 61.0. The number of nitrogens with two attached hydrogens (primary N) is 1. The molecule has 2 atom stereocenters. The number of hydrazine groups is 1. The SMILES string of the molecule is NNC(c1cccc(C(F)(F)F)c1)C1CCS(=O)(=O)C1. The van der Waals surface area contributed by atoms with Crippen molar-refractivity contribution in [3.8, 4) is 0 Å². The monoisotopic (exact) mass is 308 g/mol. The summed E-state index contributed by atoms with van der Waals surface area (Å²) in [6.07, 6.45) is -4.04. The fourth-order valence-corrected chi connectivity index (χ4v) is 4.34. The lowest BCUT2D eigenvalue weighted by Gasteiger charge is -2.23. The number of hydrogen-bond donors (Lipinski definition) is 2. The largest absolute Gasteiger partial charge is 0.416 e. The zero-order valence-electron chi connectivity index (χ0n) is 10.5. The van der Waals surface area contributed by atoms with Crippen LogP contribution in [-0.2, 0) is 16.0 Å². The molecule has 0 amide bonds. The van der Waals surface area contributed by atoms with Crippen LogP contribution < -0.4 is 11.3 Å². The van der Waals surface area contributed by atoms with Gasteiger partial charge in [-0.25, -0.2) is 8.42 Å². The molecule has 0 spiro atoms. The fourth-order valence-electron chi connectivity index (χ4n) is 2.50. The zero-order valence-corrected chi connectivity index (χ0v) is 11.3. The van der Waals surface area contributed by atoms with Crippen molar-refractivity contribution in [3.63, 3.8) is 0 Å². The van der Waals surface area contributed by atoms with Crippen LogP contribution in [0.2, 0.25) is 0 Å². The van der Waals surface area contributed by atoms with Crippen molar-refractivity contribution in [3.05, 3.63) is 35.4 Å². The summed E-state index contributed by atoms with van der Waals surface area (Å²) in [4.78, 5) is 0. The van der Waals surface area contributed by atoms with Crippen molar-refractivity contribution in [2.24, 2.45) is 11.8 Å². The van der Waals surface area contributed by atoms with Crippen LogP contribution >= 0.6 is 0 Å². The van der Waals surface area contributed by atoms with E-state index in [4.69, 9.17) is 5.84 Å². The summed E-state index contributed by atoms with van der Waals surface area (Å²) in [5.41, 5.74) is 2.03. The van der Waals surface area contributed by atoms with Gasteiger partial charge in [-0.15, -0.1) is 0 Å². The topological polar surface area (TPSA) is 72.2 Å². The molecule has 8 heteroatoms. The Morgan fingerprint density at radius 3 is 2.55 bits per heavy atom. The van der Waals surface area contributed by atoms with Gasteiger partial charge in [0.25, 0.3) is 0 Å². The number of alkyl halides is 3. The van der Waals surface area contributed by atoms with E-state index in [1.807, 2.05) is 0 Å². The van der Waals surface area contributed by atoms with Gasteiger partial charge in [-0.1, -0.05) is 12.1 Å². The summed E-state index contributed by atoms with van der Waals surface area (Å²) in [5, 5.41) is 0. The molecule has 0 aromatic heterocycles. The molecule has 1 aromatic carbocycles. The van der Waals surface area contributed by atoms with Crippen LogP contribution in [0.1, 0.15) is 23.6 Å². The summed E-state index contributed by atoms with van der Waals surface area (Å²) in [6.45, 7) is 0. The van der Waals surface area contributed by atoms with Crippen LogP contribution in [0.3, 0.4) is 0 Å². The van der Waals surface area contributed by atoms with Crippen LogP contribution in [-0.4, -0.2) is 19.9 Å². The number of hydrogen-bond acceptors (Lipinski definition) is 4. The van der Waals surface area contributed by atoms with E-state index in [0.29, 0.717) is 12.0 Å². The van der Waals surface area contributed by atoms with E-state index < -0.39 is 27.6 Å². The fraction of sp³-hybridized carbons (Fsp3) is 0.500. The summed E-state index contributed by atoms with van der Waals surface area (Å²) >= 11 is 0. The second kappa shape index (κ2) is 5.34. The van der Waals surface area contributed by atoms with Gasteiger partial charge in [0.05, 0.1) is 17.1 Å². The first-order chi connectivity index (χ1) is 9.23. The molecule has 112 valence electrons. The Morgan fingerprint density at radius 2 is 2.05 bits per heavy atom. The van der Waals surface area contributed by atoms with Crippen molar-refractivity contribution in [2.75, 3.05) is 11.5 Å². The average Bonchev–Trinajstić information content (AvgIpc) is 2.70. The third-order valence-corrected chi connectivity index (χ3v) is 5.29. The van der Waals surface area contributed by atoms with E-state index in [-0.39, 0.29) is 17.4 Å². The van der Waals surface area contributed by atoms with Gasteiger partial charge in [0.1, 0.15) is 0 Å². The highest BCUT2D eigenvalue weighted by Crippen LogP contribution is 2.34. The normalized spacial score (nSPS) is 23.7. The molecular formula is C12H15F3N2O2S. The second-order valence-electron chi connectivity index (χ2n) is 4.93. The first-order valence-corrected chi connectivity index (χ1v) is 7.89. The van der Waals surface area contributed by atoms with Crippen molar-refractivity contribution in [2.45, 2.75) is 18.6 Å². The first kappa shape index (κ1) is 15.3. The highest BCUT2D eigenvalue weighted by molar-refractivity contribution is 7.91. The lowest BCUT2D eigenvalue weighted by atomic mass is 9.92. The Bertz CT molecular complexity index is 587. The van der Waals surface area contributed by atoms with Crippen molar-refractivity contribution in [1.29, 1.82) is 0 Å². The number of benzene rings is 1. The molecule has 3 N–H and O–H groups in total. The molecule has 1 heterocycles. The number of rotatable bonds is 3. The number of sulfone groups is 1. The van der Waals surface area contributed by atoms with E-state index >= 15 is 0 Å². The van der Waals surface area contributed by atoms with Gasteiger partial charge in [-0.3, -0.25) is 11.3 Å². The molecule has 2 unspecified atom stereocenters. The number of halogens is 3. The molecule has 1 aliphatic rings. The standard InChI is InChI=1S/C12H15F3N2O2S/c13-12(14,15)10-3-1-2-8(6-10)11(17-16)9-4-5-20(18,19)7-9/h1-3,6,9,11,17H,4-5,7,16H2. The third kappa shape index (κ3) is 3.31. The number of nitrogens with one attached hydrogen (secondary N) is 1. The Morgan fingerprint density at radius 1 is 1.35 bits per heavy atom. The first-order valence-electron chi connectivity index (χ1n) is 6.06. The molecule has 1 fully saturated rings. The van der Waals surface area contributed by atoms with Crippen LogP contribution in [0.5, 0.6) is 0 Å². The molecule has 1 saturated heterocycles. The maximum atomic E-state index is 12.7. The average molecular weight is 308 g/mol. The molecule has 1 aliphatic heterocycles. The third-order valence-electron chi connectivity index (χ3n) is 3.49. The minimum absolute atomic E-state index is 0.0504. The van der Waals surface area contributed by atoms with Crippen LogP contribution in [0.15, 0.2) is 24.3 Å². The highest BCUT2D eigenvalue weighted by atomic mass is 32.2. The Balaban J connectivity index is 2.29. The lowest BCUT2D eigenvalue weighted by Crippen LogP contribution is -2.34. The molecular weight excluding hydrogens is 293 g/mol. The maximum Gasteiger partial charge on any atom is 0.416 e. The van der Waals surface area contributed by atoms with E-state index in [2.05, 4.69) is 5.43 Å². The van der Waals surface area contributed by atoms with Gasteiger partial charge in [-0.2, -0.15) is 13.2 Å². The van der Waals surface area contributed by atoms with Crippen molar-refractivity contribution >= 4 is 9.84 Å². The predicted molar refractivity (Wildman–Crippen MR) is 68.3 cm³/mol. The second-order valence-corrected chi connectivity index (χ2v) is 7.16. The van der Waals surface area contributed by atoms with E-state index in [9.17, 15) is 21.6 Å². The van der Waals surface area contributed by atoms with Gasteiger partial charge < -0.3 is 0 Å². The smallest absolute Gasteiger partial charge is 0.271 e. The molecule has 0 radical (unpaired) electrons. The van der Waals surface area contributed by atoms with Gasteiger partial charge >= 0.3 is 6.18 Å². The van der Waals surface area contributed by atoms with Gasteiger partial charge in [0.2, 0.25) is 0 Å². The van der Waals surface area contributed by atoms with Crippen LogP contribution in [0.25, 0.3) is 0 Å². The van der Waals surface area contributed by atoms with E-state index in [1.54, 1.807) is 0 Å². The van der Waals surface area contributed by atoms with Crippen molar-refractivity contribution in [1.82, 2.24) is 5.43 Å². The van der Waals surface area contributed by atoms with Crippen LogP contribution in [0.4, 0.5) is 13.2 Å². The minimum Gasteiger partial charge on any atom is -0.271 e. The molecule has 2 rings (SSSR count). The Labute approximate surface area is 115 Å². The summed E-state index contributed by atoms with van der Waals surface area (Å²) in [6, 6.07) is 4.20. The summed E-state index contributed by atoms with van der Waals surface area (Å²) in [7, 11) is -3.11. The van der Waals surface area contributed by atoms with E-state index in [1.165, 1.54) is 12.1 Å². The molecule has 0 bridgehead atoms.